The number of methoxy groups -OCH3 is 1. The van der Waals surface area contributed by atoms with E-state index in [2.05, 4.69) is 21.6 Å². The van der Waals surface area contributed by atoms with Crippen molar-refractivity contribution in [1.82, 2.24) is 9.38 Å². The standard InChI is InChI=1S/C12H10F3N3O2/c1-7(12(13,14)15)16-9-6-18-5-8(11(19)20-2)3-4-10(18)17-9/h3-6,16H,1H2,2H3. The Hall–Kier alpha value is -2.51. The number of carbonyl (C=O) groups is 1. The molecule has 2 heterocycles. The Morgan fingerprint density at radius 2 is 2.10 bits per heavy atom. The third-order valence-electron chi connectivity index (χ3n) is 2.49. The van der Waals surface area contributed by atoms with Crippen molar-refractivity contribution < 1.29 is 22.7 Å². The molecule has 0 radical (unpaired) electrons. The summed E-state index contributed by atoms with van der Waals surface area (Å²) in [5.41, 5.74) is -0.470. The van der Waals surface area contributed by atoms with Crippen LogP contribution >= 0.6 is 0 Å². The first-order valence-electron chi connectivity index (χ1n) is 5.41. The van der Waals surface area contributed by atoms with Gasteiger partial charge in [-0.2, -0.15) is 13.2 Å². The number of fused-ring (bicyclic) bond motifs is 1. The van der Waals surface area contributed by atoms with Crippen LogP contribution in [-0.2, 0) is 4.74 Å². The number of pyridine rings is 1. The maximum absolute atomic E-state index is 12.3. The first kappa shape index (κ1) is 13.9. The molecule has 0 saturated heterocycles. The highest BCUT2D eigenvalue weighted by Gasteiger charge is 2.32. The number of nitrogens with one attached hydrogen (secondary N) is 1. The number of aromatic nitrogens is 2. The van der Waals surface area contributed by atoms with E-state index in [9.17, 15) is 18.0 Å². The van der Waals surface area contributed by atoms with Gasteiger partial charge in [0.1, 0.15) is 17.2 Å². The maximum Gasteiger partial charge on any atom is 0.430 e. The molecule has 0 spiro atoms. The lowest BCUT2D eigenvalue weighted by Gasteiger charge is -2.09. The molecule has 0 aliphatic carbocycles. The summed E-state index contributed by atoms with van der Waals surface area (Å²) in [6, 6.07) is 2.96. The molecular weight excluding hydrogens is 275 g/mol. The van der Waals surface area contributed by atoms with Crippen LogP contribution in [-0.4, -0.2) is 28.6 Å². The Labute approximate surface area is 111 Å². The second-order valence-corrected chi connectivity index (χ2v) is 3.90. The van der Waals surface area contributed by atoms with Crippen LogP contribution in [0, 0.1) is 0 Å². The van der Waals surface area contributed by atoms with Crippen LogP contribution in [0.1, 0.15) is 10.4 Å². The second kappa shape index (κ2) is 4.87. The van der Waals surface area contributed by atoms with E-state index in [0.717, 1.165) is 0 Å². The average molecular weight is 285 g/mol. The first-order chi connectivity index (χ1) is 9.31. The number of anilines is 1. The molecule has 8 heteroatoms. The van der Waals surface area contributed by atoms with Gasteiger partial charge in [0.05, 0.1) is 18.9 Å². The van der Waals surface area contributed by atoms with Crippen molar-refractivity contribution in [2.75, 3.05) is 12.4 Å². The summed E-state index contributed by atoms with van der Waals surface area (Å²) in [6.45, 7) is 2.89. The van der Waals surface area contributed by atoms with Gasteiger partial charge in [-0.25, -0.2) is 9.78 Å². The van der Waals surface area contributed by atoms with E-state index in [0.29, 0.717) is 5.65 Å². The summed E-state index contributed by atoms with van der Waals surface area (Å²) < 4.78 is 43.0. The molecule has 2 aromatic rings. The summed E-state index contributed by atoms with van der Waals surface area (Å²) >= 11 is 0. The van der Waals surface area contributed by atoms with Crippen molar-refractivity contribution in [3.63, 3.8) is 0 Å². The van der Waals surface area contributed by atoms with Crippen molar-refractivity contribution in [3.8, 4) is 0 Å². The molecular formula is C12H10F3N3O2. The zero-order chi connectivity index (χ0) is 14.9. The van der Waals surface area contributed by atoms with E-state index in [1.165, 1.54) is 36.0 Å². The van der Waals surface area contributed by atoms with Gasteiger partial charge in [-0.05, 0) is 12.1 Å². The molecule has 0 bridgehead atoms. The molecule has 5 nitrogen and oxygen atoms in total. The van der Waals surface area contributed by atoms with Crippen LogP contribution in [0.2, 0.25) is 0 Å². The number of imidazole rings is 1. The van der Waals surface area contributed by atoms with Crippen molar-refractivity contribution >= 4 is 17.4 Å². The number of rotatable bonds is 3. The number of alkyl halides is 3. The van der Waals surface area contributed by atoms with E-state index in [1.54, 1.807) is 0 Å². The van der Waals surface area contributed by atoms with E-state index in [1.807, 2.05) is 0 Å². The lowest BCUT2D eigenvalue weighted by molar-refractivity contribution is -0.0899. The zero-order valence-corrected chi connectivity index (χ0v) is 10.4. The zero-order valence-electron chi connectivity index (χ0n) is 10.4. The fourth-order valence-electron chi connectivity index (χ4n) is 1.52. The highest BCUT2D eigenvalue weighted by atomic mass is 19.4. The first-order valence-corrected chi connectivity index (χ1v) is 5.41. The average Bonchev–Trinajstić information content (AvgIpc) is 2.77. The largest absolute Gasteiger partial charge is 0.465 e. The number of halogens is 3. The Morgan fingerprint density at radius 3 is 2.70 bits per heavy atom. The van der Waals surface area contributed by atoms with Crippen LogP contribution in [0.5, 0.6) is 0 Å². The molecule has 20 heavy (non-hydrogen) atoms. The summed E-state index contributed by atoms with van der Waals surface area (Å²) in [6.07, 6.45) is -1.82. The molecule has 0 saturated carbocycles. The highest BCUT2D eigenvalue weighted by molar-refractivity contribution is 5.89. The third kappa shape index (κ3) is 2.73. The number of allylic oxidation sites excluding steroid dienone is 1. The fraction of sp³-hybridized carbons (Fsp3) is 0.167. The summed E-state index contributed by atoms with van der Waals surface area (Å²) in [4.78, 5) is 15.3. The Morgan fingerprint density at radius 1 is 1.40 bits per heavy atom. The highest BCUT2D eigenvalue weighted by Crippen LogP contribution is 2.25. The normalized spacial score (nSPS) is 11.4. The Bertz CT molecular complexity index is 676. The van der Waals surface area contributed by atoms with E-state index in [-0.39, 0.29) is 11.4 Å². The Kier molecular flexibility index (Phi) is 3.39. The number of carbonyl (C=O) groups excluding carboxylic acids is 1. The van der Waals surface area contributed by atoms with Crippen LogP contribution in [0.3, 0.4) is 0 Å². The quantitative estimate of drug-likeness (QED) is 0.881. The molecule has 106 valence electrons. The van der Waals surface area contributed by atoms with Crippen LogP contribution < -0.4 is 5.32 Å². The van der Waals surface area contributed by atoms with Gasteiger partial charge in [0.2, 0.25) is 0 Å². The number of esters is 1. The van der Waals surface area contributed by atoms with Gasteiger partial charge in [-0.1, -0.05) is 6.58 Å². The van der Waals surface area contributed by atoms with Gasteiger partial charge in [0.25, 0.3) is 0 Å². The SMILES string of the molecule is C=C(Nc1cn2cc(C(=O)OC)ccc2n1)C(F)(F)F. The fourth-order valence-corrected chi connectivity index (χ4v) is 1.52. The molecule has 0 fully saturated rings. The Balaban J connectivity index is 2.30. The van der Waals surface area contributed by atoms with Crippen molar-refractivity contribution in [3.05, 3.63) is 42.4 Å². The number of nitrogens with zero attached hydrogens (tertiary/aromatic N) is 2. The van der Waals surface area contributed by atoms with Gasteiger partial charge in [-0.3, -0.25) is 0 Å². The van der Waals surface area contributed by atoms with Gasteiger partial charge in [-0.15, -0.1) is 0 Å². The van der Waals surface area contributed by atoms with E-state index < -0.39 is 17.8 Å². The molecule has 0 unspecified atom stereocenters. The lowest BCUT2D eigenvalue weighted by Crippen LogP contribution is -2.17. The van der Waals surface area contributed by atoms with Crippen LogP contribution in [0.15, 0.2) is 36.8 Å². The smallest absolute Gasteiger partial charge is 0.430 e. The van der Waals surface area contributed by atoms with E-state index in [4.69, 9.17) is 0 Å². The number of hydrogen-bond donors (Lipinski definition) is 1. The minimum absolute atomic E-state index is 0.0191. The van der Waals surface area contributed by atoms with Gasteiger partial charge in [0, 0.05) is 6.20 Å². The molecule has 1 N–H and O–H groups in total. The van der Waals surface area contributed by atoms with Crippen LogP contribution in [0.4, 0.5) is 19.0 Å². The number of ether oxygens (including phenoxy) is 1. The molecule has 0 amide bonds. The maximum atomic E-state index is 12.3. The number of hydrogen-bond acceptors (Lipinski definition) is 4. The predicted molar refractivity (Wildman–Crippen MR) is 65.3 cm³/mol. The molecule has 0 atom stereocenters. The third-order valence-corrected chi connectivity index (χ3v) is 2.49. The van der Waals surface area contributed by atoms with Crippen LogP contribution in [0.25, 0.3) is 5.65 Å². The van der Waals surface area contributed by atoms with E-state index >= 15 is 0 Å². The summed E-state index contributed by atoms with van der Waals surface area (Å²) in [5.74, 6) is -0.566. The monoisotopic (exact) mass is 285 g/mol. The van der Waals surface area contributed by atoms with Crippen molar-refractivity contribution in [2.24, 2.45) is 0 Å². The summed E-state index contributed by atoms with van der Waals surface area (Å²) in [5, 5.41) is 2.07. The minimum atomic E-state index is -4.55. The molecule has 2 aromatic heterocycles. The summed E-state index contributed by atoms with van der Waals surface area (Å²) in [7, 11) is 1.24. The molecule has 0 aliphatic heterocycles. The predicted octanol–water partition coefficient (Wildman–Crippen LogP) is 2.61. The van der Waals surface area contributed by atoms with Crippen molar-refractivity contribution in [1.29, 1.82) is 0 Å². The second-order valence-electron chi connectivity index (χ2n) is 3.90. The molecule has 2 rings (SSSR count). The van der Waals surface area contributed by atoms with Gasteiger partial charge >= 0.3 is 12.1 Å². The van der Waals surface area contributed by atoms with Gasteiger partial charge < -0.3 is 14.5 Å². The molecule has 0 aliphatic rings. The minimum Gasteiger partial charge on any atom is -0.465 e. The topological polar surface area (TPSA) is 55.6 Å². The van der Waals surface area contributed by atoms with Gasteiger partial charge in [0.15, 0.2) is 0 Å². The molecule has 0 aromatic carbocycles. The van der Waals surface area contributed by atoms with Crippen molar-refractivity contribution in [2.45, 2.75) is 6.18 Å². The lowest BCUT2D eigenvalue weighted by atomic mass is 10.3.